The van der Waals surface area contributed by atoms with Crippen molar-refractivity contribution in [3.63, 3.8) is 0 Å². The summed E-state index contributed by atoms with van der Waals surface area (Å²) >= 11 is 0. The highest BCUT2D eigenvalue weighted by molar-refractivity contribution is 5.75. The van der Waals surface area contributed by atoms with Crippen LogP contribution in [0.4, 0.5) is 0 Å². The molecule has 0 bridgehead atoms. The van der Waals surface area contributed by atoms with Gasteiger partial charge in [-0.05, 0) is 35.6 Å². The lowest BCUT2D eigenvalue weighted by atomic mass is 9.87. The van der Waals surface area contributed by atoms with Crippen LogP contribution >= 0.6 is 0 Å². The van der Waals surface area contributed by atoms with Crippen molar-refractivity contribution in [3.8, 4) is 11.5 Å². The number of hydrogen-bond donors (Lipinski definition) is 1. The summed E-state index contributed by atoms with van der Waals surface area (Å²) in [5.41, 5.74) is 5.35. The minimum atomic E-state index is 0.147. The van der Waals surface area contributed by atoms with Crippen LogP contribution in [0.25, 0.3) is 18.2 Å². The molecular weight excluding hydrogens is 368 g/mol. The number of ether oxygens (including phenoxy) is 1. The monoisotopic (exact) mass is 400 g/mol. The van der Waals surface area contributed by atoms with E-state index in [9.17, 15) is 5.11 Å². The standard InChI is InChI=1S/C21H24O2.C7H8/c1-6-16-13-19(22)17(14-20(16)23-5)10-7-15-8-11-18(12-9-15)21(2,3)4;1-7-5-3-2-4-6-7/h6-14,22H,1H2,2-5H3;2-6H,1H3/b10-7+;. The molecule has 0 heterocycles. The Kier molecular flexibility index (Phi) is 8.06. The first kappa shape index (κ1) is 23.0. The Hall–Kier alpha value is -3.26. The molecule has 3 aromatic carbocycles. The molecule has 0 radical (unpaired) electrons. The van der Waals surface area contributed by atoms with E-state index >= 15 is 0 Å². The predicted octanol–water partition coefficient (Wildman–Crippen LogP) is 7.51. The molecule has 0 unspecified atom stereocenters. The Morgan fingerprint density at radius 1 is 0.867 bits per heavy atom. The molecule has 156 valence electrons. The summed E-state index contributed by atoms with van der Waals surface area (Å²) in [6.07, 6.45) is 5.53. The third-order valence-corrected chi connectivity index (χ3v) is 4.77. The summed E-state index contributed by atoms with van der Waals surface area (Å²) < 4.78 is 5.32. The fourth-order valence-electron chi connectivity index (χ4n) is 2.88. The number of aromatic hydroxyl groups is 1. The largest absolute Gasteiger partial charge is 0.507 e. The number of phenolic OH excluding ortho intramolecular Hbond substituents is 1. The van der Waals surface area contributed by atoms with Gasteiger partial charge >= 0.3 is 0 Å². The van der Waals surface area contributed by atoms with Crippen LogP contribution in [0.15, 0.2) is 73.3 Å². The fraction of sp³-hybridized carbons (Fsp3) is 0.214. The molecule has 0 atom stereocenters. The third-order valence-electron chi connectivity index (χ3n) is 4.77. The summed E-state index contributed by atoms with van der Waals surface area (Å²) in [5, 5.41) is 10.1. The number of aryl methyl sites for hydroxylation is 1. The number of hydrogen-bond acceptors (Lipinski definition) is 2. The highest BCUT2D eigenvalue weighted by atomic mass is 16.5. The molecule has 2 nitrogen and oxygen atoms in total. The quantitative estimate of drug-likeness (QED) is 0.459. The smallest absolute Gasteiger partial charge is 0.126 e. The van der Waals surface area contributed by atoms with Crippen molar-refractivity contribution in [3.05, 3.63) is 101 Å². The topological polar surface area (TPSA) is 29.5 Å². The number of methoxy groups -OCH3 is 1. The SMILES string of the molecule is C=Cc1cc(O)c(/C=C/c2ccc(C(C)(C)C)cc2)cc1OC.Cc1ccccc1. The van der Waals surface area contributed by atoms with Gasteiger partial charge in [0.25, 0.3) is 0 Å². The number of benzene rings is 3. The van der Waals surface area contributed by atoms with Crippen LogP contribution in [0, 0.1) is 6.92 Å². The van der Waals surface area contributed by atoms with E-state index < -0.39 is 0 Å². The molecule has 0 aromatic heterocycles. The van der Waals surface area contributed by atoms with Gasteiger partial charge in [-0.15, -0.1) is 0 Å². The van der Waals surface area contributed by atoms with Crippen molar-refractivity contribution in [1.29, 1.82) is 0 Å². The van der Waals surface area contributed by atoms with Gasteiger partial charge in [-0.2, -0.15) is 0 Å². The van der Waals surface area contributed by atoms with Gasteiger partial charge in [0.1, 0.15) is 11.5 Å². The molecule has 0 fully saturated rings. The van der Waals surface area contributed by atoms with E-state index in [1.807, 2.05) is 36.4 Å². The maximum absolute atomic E-state index is 10.1. The zero-order chi connectivity index (χ0) is 22.1. The molecule has 0 aliphatic heterocycles. The van der Waals surface area contributed by atoms with Gasteiger partial charge in [-0.25, -0.2) is 0 Å². The summed E-state index contributed by atoms with van der Waals surface area (Å²) in [7, 11) is 1.61. The average molecular weight is 401 g/mol. The van der Waals surface area contributed by atoms with Crippen LogP contribution in [-0.4, -0.2) is 12.2 Å². The Labute approximate surface area is 181 Å². The van der Waals surface area contributed by atoms with E-state index in [2.05, 4.69) is 70.7 Å². The lowest BCUT2D eigenvalue weighted by Crippen LogP contribution is -2.10. The third kappa shape index (κ3) is 6.66. The van der Waals surface area contributed by atoms with Crippen LogP contribution in [0.5, 0.6) is 11.5 Å². The van der Waals surface area contributed by atoms with E-state index in [4.69, 9.17) is 4.74 Å². The van der Waals surface area contributed by atoms with E-state index in [1.54, 1.807) is 19.3 Å². The zero-order valence-corrected chi connectivity index (χ0v) is 18.6. The Morgan fingerprint density at radius 2 is 1.50 bits per heavy atom. The molecule has 3 rings (SSSR count). The summed E-state index contributed by atoms with van der Waals surface area (Å²) in [5.74, 6) is 0.906. The van der Waals surface area contributed by atoms with Gasteiger partial charge in [-0.1, -0.05) is 106 Å². The van der Waals surface area contributed by atoms with Crippen molar-refractivity contribution < 1.29 is 9.84 Å². The van der Waals surface area contributed by atoms with E-state index in [0.717, 1.165) is 11.1 Å². The van der Waals surface area contributed by atoms with Crippen molar-refractivity contribution >= 4 is 18.2 Å². The van der Waals surface area contributed by atoms with Crippen LogP contribution in [0.3, 0.4) is 0 Å². The molecule has 0 aliphatic carbocycles. The maximum Gasteiger partial charge on any atom is 0.126 e. The van der Waals surface area contributed by atoms with E-state index in [0.29, 0.717) is 11.3 Å². The van der Waals surface area contributed by atoms with E-state index in [-0.39, 0.29) is 11.2 Å². The minimum absolute atomic E-state index is 0.147. The molecule has 1 N–H and O–H groups in total. The molecule has 0 aliphatic rings. The summed E-state index contributed by atoms with van der Waals surface area (Å²) in [6.45, 7) is 12.4. The zero-order valence-electron chi connectivity index (χ0n) is 18.6. The van der Waals surface area contributed by atoms with Gasteiger partial charge in [0.15, 0.2) is 0 Å². The summed E-state index contributed by atoms with van der Waals surface area (Å²) in [6, 6.07) is 22.2. The Morgan fingerprint density at radius 3 is 1.97 bits per heavy atom. The average Bonchev–Trinajstić information content (AvgIpc) is 2.73. The highest BCUT2D eigenvalue weighted by Gasteiger charge is 2.12. The molecule has 0 saturated carbocycles. The lowest BCUT2D eigenvalue weighted by Gasteiger charge is -2.18. The predicted molar refractivity (Wildman–Crippen MR) is 130 cm³/mol. The molecule has 0 spiro atoms. The van der Waals surface area contributed by atoms with Gasteiger partial charge in [0, 0.05) is 11.1 Å². The molecule has 0 saturated heterocycles. The fourth-order valence-corrected chi connectivity index (χ4v) is 2.88. The second-order valence-corrected chi connectivity index (χ2v) is 8.22. The minimum Gasteiger partial charge on any atom is -0.507 e. The highest BCUT2D eigenvalue weighted by Crippen LogP contribution is 2.30. The van der Waals surface area contributed by atoms with E-state index in [1.165, 1.54) is 11.1 Å². The lowest BCUT2D eigenvalue weighted by molar-refractivity contribution is 0.411. The molecule has 0 amide bonds. The van der Waals surface area contributed by atoms with Gasteiger partial charge in [-0.3, -0.25) is 0 Å². The summed E-state index contributed by atoms with van der Waals surface area (Å²) in [4.78, 5) is 0. The molecule has 30 heavy (non-hydrogen) atoms. The number of phenols is 1. The second kappa shape index (κ2) is 10.5. The second-order valence-electron chi connectivity index (χ2n) is 8.22. The first-order chi connectivity index (χ1) is 14.2. The normalized spacial score (nSPS) is 11.0. The Bertz CT molecular complexity index is 976. The van der Waals surface area contributed by atoms with Crippen molar-refractivity contribution in [2.24, 2.45) is 0 Å². The van der Waals surface area contributed by atoms with Crippen LogP contribution < -0.4 is 4.74 Å². The van der Waals surface area contributed by atoms with Crippen LogP contribution in [0.2, 0.25) is 0 Å². The first-order valence-corrected chi connectivity index (χ1v) is 10.1. The van der Waals surface area contributed by atoms with Crippen LogP contribution in [0.1, 0.15) is 48.6 Å². The van der Waals surface area contributed by atoms with Gasteiger partial charge in [0.2, 0.25) is 0 Å². The maximum atomic E-state index is 10.1. The molecule has 2 heteroatoms. The van der Waals surface area contributed by atoms with Gasteiger partial charge in [0.05, 0.1) is 7.11 Å². The van der Waals surface area contributed by atoms with Crippen molar-refractivity contribution in [2.75, 3.05) is 7.11 Å². The van der Waals surface area contributed by atoms with Crippen molar-refractivity contribution in [2.45, 2.75) is 33.1 Å². The Balaban J connectivity index is 0.000000386. The van der Waals surface area contributed by atoms with Crippen molar-refractivity contribution in [1.82, 2.24) is 0 Å². The van der Waals surface area contributed by atoms with Gasteiger partial charge < -0.3 is 9.84 Å². The van der Waals surface area contributed by atoms with Crippen LogP contribution in [-0.2, 0) is 5.41 Å². The molecular formula is C28H32O2. The first-order valence-electron chi connectivity index (χ1n) is 10.1. The molecule has 3 aromatic rings. The number of rotatable bonds is 4.